The summed E-state index contributed by atoms with van der Waals surface area (Å²) in [5, 5.41) is 122. The molecule has 6 fully saturated rings. The topological polar surface area (TPSA) is 573 Å². The van der Waals surface area contributed by atoms with Crippen LogP contribution < -0.4 is 82.6 Å². The van der Waals surface area contributed by atoms with Crippen molar-refractivity contribution in [3.05, 3.63) is 142 Å². The van der Waals surface area contributed by atoms with Crippen molar-refractivity contribution in [1.29, 1.82) is 0 Å². The molecule has 38 nitrogen and oxygen atoms in total. The molecular weight excluding hydrogens is 1720 g/mol. The van der Waals surface area contributed by atoms with E-state index in [4.69, 9.17) is 50.5 Å². The Kier molecular flexibility index (Phi) is 28.4. The molecule has 694 valence electrons. The maximum atomic E-state index is 16.7. The van der Waals surface area contributed by atoms with Crippen LogP contribution in [0.4, 0.5) is 10.5 Å². The average Bonchev–Trinajstić information content (AvgIpc) is 0.760. The molecule has 18 atom stereocenters. The maximum Gasteiger partial charge on any atom is 0.325 e. The van der Waals surface area contributed by atoms with Gasteiger partial charge in [-0.25, -0.2) is 17.9 Å². The smallest absolute Gasteiger partial charge is 0.325 e. The first-order valence-corrected chi connectivity index (χ1v) is 45.1. The number of aromatic hydroxyl groups is 3. The first kappa shape index (κ1) is 94.1. The van der Waals surface area contributed by atoms with Gasteiger partial charge in [0, 0.05) is 53.3 Å². The van der Waals surface area contributed by atoms with Gasteiger partial charge < -0.3 is 128 Å². The summed E-state index contributed by atoms with van der Waals surface area (Å²) in [7, 11) is -1.98. The first-order chi connectivity index (χ1) is 61.2. The normalized spacial score (nSPS) is 29.9. The second kappa shape index (κ2) is 38.9. The fraction of sp³-hybridized carbons (Fsp3) is 0.494. The molecule has 40 heteroatoms. The van der Waals surface area contributed by atoms with Gasteiger partial charge in [0.25, 0.3) is 0 Å². The van der Waals surface area contributed by atoms with Crippen LogP contribution in [0.1, 0.15) is 156 Å². The van der Waals surface area contributed by atoms with Crippen molar-refractivity contribution < 1.29 is 126 Å². The van der Waals surface area contributed by atoms with Crippen LogP contribution in [0.25, 0.3) is 11.1 Å². The van der Waals surface area contributed by atoms with Crippen molar-refractivity contribution in [1.82, 2.24) is 52.6 Å². The number of imide groups is 1. The van der Waals surface area contributed by atoms with E-state index in [0.29, 0.717) is 17.6 Å². The molecule has 11 aliphatic rings. The van der Waals surface area contributed by atoms with Crippen molar-refractivity contribution in [2.24, 2.45) is 41.2 Å². The van der Waals surface area contributed by atoms with Crippen LogP contribution in [-0.2, 0) is 62.6 Å². The average molecular weight is 1830 g/mol. The molecule has 0 aromatic heterocycles. The minimum atomic E-state index is -3.46. The number of anilines is 1. The fourth-order valence-corrected chi connectivity index (χ4v) is 19.5. The molecule has 15 bridgehead atoms. The van der Waals surface area contributed by atoms with Crippen molar-refractivity contribution in [2.75, 3.05) is 38.4 Å². The lowest BCUT2D eigenvalue weighted by Crippen LogP contribution is -2.63. The zero-order valence-electron chi connectivity index (χ0n) is 71.9. The Hall–Kier alpha value is -11.1. The highest BCUT2D eigenvalue weighted by Gasteiger charge is 2.53. The molecule has 4 aliphatic carbocycles. The molecular formula is C89H109ClN12O26S. The van der Waals surface area contributed by atoms with Gasteiger partial charge in [0.05, 0.1) is 61.4 Å². The number of aliphatic hydroxyl groups is 5. The SMILES string of the molecule is CN[C@H](CC(C)C)C(=O)N[C@H]1C(=O)N[C@@H](CC(=O)NC(=O)Nc2ccc(OCCCNS(C)(=O)=O)cc2)C(=O)N[C@H]2C(=O)N[C@H]3C(=O)N[C@H](C(=O)N[C@H](C(=O)NC4C5CC6CC(C5)CC4C6)c4cc(O)cc(O)c4-c4cc3ccc4O)[C@H](O)c3ccc(c(Cl)c3)Oc3cc2cc(c3O[C@@H]2O[C@H](CO)[C@@H](C)[C@H](O)[C@H]2O[C@H]2C[C@](C)(N)[C@H](O)[C@H](C)O2)Oc2ccc(cc2C)[C@H]1O. The number of phenols is 3. The van der Waals surface area contributed by atoms with E-state index in [1.165, 1.54) is 68.6 Å². The Morgan fingerprint density at radius 3 is 1.99 bits per heavy atom. The lowest BCUT2D eigenvalue weighted by atomic mass is 9.54. The summed E-state index contributed by atoms with van der Waals surface area (Å²) in [6.07, 6.45) is -9.61. The van der Waals surface area contributed by atoms with Crippen molar-refractivity contribution in [2.45, 2.75) is 209 Å². The maximum absolute atomic E-state index is 16.7. The van der Waals surface area contributed by atoms with Gasteiger partial charge in [-0.05, 0) is 215 Å². The van der Waals surface area contributed by atoms with Gasteiger partial charge in [-0.15, -0.1) is 0 Å². The van der Waals surface area contributed by atoms with Crippen LogP contribution in [0.5, 0.6) is 51.7 Å². The summed E-state index contributed by atoms with van der Waals surface area (Å²) < 4.78 is 71.2. The molecule has 10 amide bonds. The number of fused-ring (bicyclic) bond motifs is 15. The Morgan fingerprint density at radius 1 is 0.705 bits per heavy atom. The molecule has 7 aliphatic heterocycles. The molecule has 6 aromatic rings. The number of phenolic OH excluding ortho intramolecular Hbond substituents is 3. The van der Waals surface area contributed by atoms with Crippen LogP contribution in [-0.4, -0.2) is 214 Å². The van der Waals surface area contributed by atoms with E-state index in [2.05, 4.69) is 57.9 Å². The molecule has 0 radical (unpaired) electrons. The molecule has 7 heterocycles. The molecule has 0 unspecified atom stereocenters. The number of hydrogen-bond acceptors (Lipinski definition) is 28. The van der Waals surface area contributed by atoms with E-state index < -0.39 is 231 Å². The summed E-state index contributed by atoms with van der Waals surface area (Å²) in [5.74, 6) is -13.6. The molecule has 6 aromatic carbocycles. The first-order valence-electron chi connectivity index (χ1n) is 42.8. The van der Waals surface area contributed by atoms with E-state index >= 15 is 28.8 Å². The minimum Gasteiger partial charge on any atom is -0.508 e. The van der Waals surface area contributed by atoms with Gasteiger partial charge in [0.15, 0.2) is 17.8 Å². The number of nitrogens with one attached hydrogen (secondary N) is 11. The highest BCUT2D eigenvalue weighted by Crippen LogP contribution is 2.55. The molecule has 2 saturated heterocycles. The number of ether oxygens (including phenoxy) is 7. The minimum absolute atomic E-state index is 0.0555. The van der Waals surface area contributed by atoms with Crippen LogP contribution >= 0.6 is 11.6 Å². The highest BCUT2D eigenvalue weighted by molar-refractivity contribution is 7.88. The van der Waals surface area contributed by atoms with Crippen molar-refractivity contribution in [3.8, 4) is 62.9 Å². The van der Waals surface area contributed by atoms with Gasteiger partial charge in [-0.1, -0.05) is 50.6 Å². The number of aliphatic hydroxyl groups excluding tert-OH is 5. The summed E-state index contributed by atoms with van der Waals surface area (Å²) in [4.78, 5) is 139. The van der Waals surface area contributed by atoms with Gasteiger partial charge in [0.2, 0.25) is 69.3 Å². The standard InChI is InChI=1S/C89H109ClN12O26S/c1-38(2)22-56(92-7)80(112)101-72-75(109)45-11-18-60(39(3)23-45)124-62-31-49-32-63(77(62)128-87-78(74(108)40(4)64(37-103)126-87)127-66-36-89(6,91)79(111)41(5)123-66)125-61-19-12-46(30-55(61)90)76(110)73-86(118)100-71(84(116)97-68-47-25-42-24-43(27-47)28-48(68)26-42)54-33-51(104)34-59(106)67(54)53-29-44(10-17-58(53)105)69(82(114)102-73)99-83(115)70(49)98-81(113)57(95-85(72)117)35-65(107)96-88(119)94-50-13-15-52(16-14-50)122-21-9-20-93-129(8,120)121/h10-19,23,29-34,38,40-43,47-48,56-57,64,66,68-76,78-79,87,92-93,103-106,108-111H,9,20-22,24-28,35-37,91H2,1-8H3,(H,95,117)(H,97,116)(H,98,113)(H,99,115)(H,100,118)(H,101,112)(H,102,114)(H2,94,96,107,119)/t40-,41+,42?,43?,47?,48?,56-,57+,64-,66+,68?,69-,70-,71+,72-,73+,74+,75-,76-,78-,79-,87+,89+/m1/s1. The second-order valence-corrected chi connectivity index (χ2v) is 37.7. The van der Waals surface area contributed by atoms with E-state index in [0.717, 1.165) is 86.9 Å². The zero-order chi connectivity index (χ0) is 92.7. The van der Waals surface area contributed by atoms with Crippen LogP contribution in [0.15, 0.2) is 103 Å². The van der Waals surface area contributed by atoms with E-state index in [-0.39, 0.29) is 111 Å². The molecule has 17 rings (SSSR count). The summed E-state index contributed by atoms with van der Waals surface area (Å²) >= 11 is 7.33. The number of amides is 10. The number of carbonyl (C=O) groups excluding carboxylic acids is 9. The molecule has 21 N–H and O–H groups in total. The van der Waals surface area contributed by atoms with E-state index in [9.17, 15) is 63.7 Å². The molecule has 129 heavy (non-hydrogen) atoms. The van der Waals surface area contributed by atoms with Crippen molar-refractivity contribution in [3.63, 3.8) is 0 Å². The number of urea groups is 1. The van der Waals surface area contributed by atoms with E-state index in [1.54, 1.807) is 20.8 Å². The third-order valence-corrected chi connectivity index (χ3v) is 26.3. The molecule has 4 saturated carbocycles. The molecule has 0 spiro atoms. The third kappa shape index (κ3) is 21.2. The van der Waals surface area contributed by atoms with Crippen LogP contribution in [0.3, 0.4) is 0 Å². The summed E-state index contributed by atoms with van der Waals surface area (Å²) in [6, 6.07) is 5.24. The van der Waals surface area contributed by atoms with Gasteiger partial charge in [0.1, 0.15) is 89.1 Å². The number of sulfonamides is 1. The van der Waals surface area contributed by atoms with E-state index in [1.807, 2.05) is 13.8 Å². The third-order valence-electron chi connectivity index (χ3n) is 25.3. The number of carbonyl (C=O) groups is 9. The second-order valence-electron chi connectivity index (χ2n) is 35.5. The Bertz CT molecular complexity index is 5370. The van der Waals surface area contributed by atoms with Crippen molar-refractivity contribution >= 4 is 80.6 Å². The predicted octanol–water partition coefficient (Wildman–Crippen LogP) is 4.07. The number of rotatable bonds is 21. The predicted molar refractivity (Wildman–Crippen MR) is 461 cm³/mol. The van der Waals surface area contributed by atoms with Crippen LogP contribution in [0, 0.1) is 42.4 Å². The number of benzene rings is 6. The fourth-order valence-electron chi connectivity index (χ4n) is 18.8. The number of likely N-dealkylation sites (N-methyl/N-ethyl adjacent to an activating group) is 1. The number of halogens is 1. The summed E-state index contributed by atoms with van der Waals surface area (Å²) in [6.45, 7) is 9.30. The van der Waals surface area contributed by atoms with Gasteiger partial charge in [-0.2, -0.15) is 0 Å². The largest absolute Gasteiger partial charge is 0.508 e. The Morgan fingerprint density at radius 2 is 1.35 bits per heavy atom. The lowest BCUT2D eigenvalue weighted by Gasteiger charge is -2.54. The number of aryl methyl sites for hydroxylation is 1. The summed E-state index contributed by atoms with van der Waals surface area (Å²) in [5.41, 5.74) is 3.52. The Balaban J connectivity index is 0.937. The Labute approximate surface area is 747 Å². The number of nitrogens with two attached hydrogens (primary N) is 1. The monoisotopic (exact) mass is 1830 g/mol. The van der Waals surface area contributed by atoms with Gasteiger partial charge in [-0.3, -0.25) is 43.7 Å². The van der Waals surface area contributed by atoms with Crippen LogP contribution in [0.2, 0.25) is 5.02 Å². The van der Waals surface area contributed by atoms with Gasteiger partial charge >= 0.3 is 6.03 Å². The lowest BCUT2D eigenvalue weighted by molar-refractivity contribution is -0.326. The number of hydrogen-bond donors (Lipinski definition) is 20. The zero-order valence-corrected chi connectivity index (χ0v) is 73.4. The highest BCUT2D eigenvalue weighted by atomic mass is 35.5. The quantitative estimate of drug-likeness (QED) is 0.0451.